The molecule has 0 atom stereocenters. The summed E-state index contributed by atoms with van der Waals surface area (Å²) in [4.78, 5) is 2.06. The highest BCUT2D eigenvalue weighted by atomic mass is 35.5. The largest absolute Gasteiger partial charge is 0.369 e. The van der Waals surface area contributed by atoms with Crippen molar-refractivity contribution >= 4 is 17.3 Å². The average Bonchev–Trinajstić information content (AvgIpc) is 2.21. The van der Waals surface area contributed by atoms with Crippen LogP contribution in [-0.4, -0.2) is 19.1 Å². The van der Waals surface area contributed by atoms with Gasteiger partial charge in [0.2, 0.25) is 0 Å². The molecule has 0 spiro atoms. The van der Waals surface area contributed by atoms with E-state index in [0.29, 0.717) is 6.54 Å². The highest BCUT2D eigenvalue weighted by molar-refractivity contribution is 6.31. The Morgan fingerprint density at radius 1 is 1.44 bits per heavy atom. The van der Waals surface area contributed by atoms with Crippen LogP contribution in [0.3, 0.4) is 0 Å². The van der Waals surface area contributed by atoms with Gasteiger partial charge in [0.1, 0.15) is 5.82 Å². The van der Waals surface area contributed by atoms with E-state index < -0.39 is 5.82 Å². The van der Waals surface area contributed by atoms with Crippen LogP contribution in [-0.2, 0) is 0 Å². The Morgan fingerprint density at radius 3 is 2.56 bits per heavy atom. The third kappa shape index (κ3) is 2.86. The summed E-state index contributed by atoms with van der Waals surface area (Å²) in [5.41, 5.74) is 6.39. The lowest BCUT2D eigenvalue weighted by Crippen LogP contribution is -2.42. The van der Waals surface area contributed by atoms with Crippen LogP contribution in [0, 0.1) is 5.82 Å². The van der Waals surface area contributed by atoms with Crippen molar-refractivity contribution in [3.8, 4) is 0 Å². The Balaban J connectivity index is 2.95. The molecule has 0 amide bonds. The molecule has 1 aromatic rings. The van der Waals surface area contributed by atoms with E-state index in [2.05, 4.69) is 18.7 Å². The van der Waals surface area contributed by atoms with Crippen molar-refractivity contribution in [3.05, 3.63) is 29.0 Å². The van der Waals surface area contributed by atoms with Crippen LogP contribution in [0.2, 0.25) is 5.02 Å². The summed E-state index contributed by atoms with van der Waals surface area (Å²) in [5.74, 6) is -0.393. The summed E-state index contributed by atoms with van der Waals surface area (Å²) < 4.78 is 13.0. The Hall–Kier alpha value is -0.800. The average molecular weight is 245 g/mol. The molecule has 0 aliphatic carbocycles. The van der Waals surface area contributed by atoms with E-state index >= 15 is 0 Å². The van der Waals surface area contributed by atoms with Gasteiger partial charge in [0.25, 0.3) is 0 Å². The number of halogens is 2. The van der Waals surface area contributed by atoms with E-state index in [0.717, 1.165) is 12.1 Å². The third-order valence-electron chi connectivity index (χ3n) is 2.95. The standard InChI is InChI=1S/C12H18ClFN2/c1-12(2,6-7-15)16(3)9-4-5-11(14)10(13)8-9/h4-5,8H,6-7,15H2,1-3H3. The quantitative estimate of drug-likeness (QED) is 0.882. The lowest BCUT2D eigenvalue weighted by molar-refractivity contribution is 0.456. The fourth-order valence-electron chi connectivity index (χ4n) is 1.56. The number of hydrogen-bond donors (Lipinski definition) is 1. The molecule has 0 heterocycles. The Bertz CT molecular complexity index is 366. The van der Waals surface area contributed by atoms with Crippen LogP contribution in [0.4, 0.5) is 10.1 Å². The summed E-state index contributed by atoms with van der Waals surface area (Å²) >= 11 is 5.76. The molecule has 0 aliphatic rings. The van der Waals surface area contributed by atoms with Crippen molar-refractivity contribution in [2.45, 2.75) is 25.8 Å². The molecule has 2 nitrogen and oxygen atoms in total. The first kappa shape index (κ1) is 13.3. The summed E-state index contributed by atoms with van der Waals surface area (Å²) in [5, 5.41) is 0.146. The van der Waals surface area contributed by atoms with Crippen molar-refractivity contribution in [3.63, 3.8) is 0 Å². The highest BCUT2D eigenvalue weighted by Gasteiger charge is 2.23. The minimum Gasteiger partial charge on any atom is -0.369 e. The maximum absolute atomic E-state index is 13.0. The molecule has 0 saturated carbocycles. The van der Waals surface area contributed by atoms with Crippen molar-refractivity contribution in [1.82, 2.24) is 0 Å². The van der Waals surface area contributed by atoms with Crippen molar-refractivity contribution in [1.29, 1.82) is 0 Å². The molecular weight excluding hydrogens is 227 g/mol. The second-order valence-corrected chi connectivity index (χ2v) is 4.92. The first-order valence-electron chi connectivity index (χ1n) is 5.27. The molecule has 0 radical (unpaired) electrons. The van der Waals surface area contributed by atoms with Crippen LogP contribution in [0.25, 0.3) is 0 Å². The van der Waals surface area contributed by atoms with E-state index in [-0.39, 0.29) is 10.6 Å². The fourth-order valence-corrected chi connectivity index (χ4v) is 1.74. The van der Waals surface area contributed by atoms with Gasteiger partial charge in [-0.3, -0.25) is 0 Å². The summed E-state index contributed by atoms with van der Waals surface area (Å²) in [6.07, 6.45) is 0.860. The maximum Gasteiger partial charge on any atom is 0.141 e. The van der Waals surface area contributed by atoms with Crippen molar-refractivity contribution in [2.24, 2.45) is 5.73 Å². The number of nitrogens with zero attached hydrogens (tertiary/aromatic N) is 1. The Morgan fingerprint density at radius 2 is 2.06 bits per heavy atom. The lowest BCUT2D eigenvalue weighted by Gasteiger charge is -2.37. The lowest BCUT2D eigenvalue weighted by atomic mass is 9.98. The zero-order chi connectivity index (χ0) is 12.3. The van der Waals surface area contributed by atoms with Crippen LogP contribution in [0.15, 0.2) is 18.2 Å². The summed E-state index contributed by atoms with van der Waals surface area (Å²) in [6.45, 7) is 4.81. The van der Waals surface area contributed by atoms with Crippen LogP contribution in [0.1, 0.15) is 20.3 Å². The minimum absolute atomic E-state index is 0.0735. The molecule has 0 aliphatic heterocycles. The Kier molecular flexibility index (Phi) is 4.16. The number of benzene rings is 1. The van der Waals surface area contributed by atoms with Crippen LogP contribution < -0.4 is 10.6 Å². The fraction of sp³-hybridized carbons (Fsp3) is 0.500. The van der Waals surface area contributed by atoms with Gasteiger partial charge in [-0.1, -0.05) is 11.6 Å². The summed E-state index contributed by atoms with van der Waals surface area (Å²) in [6, 6.07) is 4.74. The topological polar surface area (TPSA) is 29.3 Å². The Labute approximate surface area is 101 Å². The number of rotatable bonds is 4. The predicted molar refractivity (Wildman–Crippen MR) is 67.6 cm³/mol. The molecule has 0 aromatic heterocycles. The molecule has 90 valence electrons. The number of nitrogens with two attached hydrogens (primary N) is 1. The molecule has 4 heteroatoms. The SMILES string of the molecule is CN(c1ccc(F)c(Cl)c1)C(C)(C)CCN. The third-order valence-corrected chi connectivity index (χ3v) is 3.24. The van der Waals surface area contributed by atoms with Gasteiger partial charge in [0, 0.05) is 18.3 Å². The molecule has 0 fully saturated rings. The molecule has 1 rings (SSSR count). The van der Waals surface area contributed by atoms with E-state index in [1.807, 2.05) is 7.05 Å². The van der Waals surface area contributed by atoms with Crippen LogP contribution in [0.5, 0.6) is 0 Å². The summed E-state index contributed by atoms with van der Waals surface area (Å²) in [7, 11) is 1.96. The van der Waals surface area contributed by atoms with Gasteiger partial charge in [0.15, 0.2) is 0 Å². The molecule has 0 bridgehead atoms. The smallest absolute Gasteiger partial charge is 0.141 e. The maximum atomic E-state index is 13.0. The zero-order valence-corrected chi connectivity index (χ0v) is 10.7. The van der Waals surface area contributed by atoms with Crippen LogP contribution >= 0.6 is 11.6 Å². The van der Waals surface area contributed by atoms with Gasteiger partial charge in [-0.05, 0) is 45.0 Å². The van der Waals surface area contributed by atoms with Gasteiger partial charge in [0.05, 0.1) is 5.02 Å². The van der Waals surface area contributed by atoms with E-state index in [1.165, 1.54) is 6.07 Å². The van der Waals surface area contributed by atoms with Gasteiger partial charge >= 0.3 is 0 Å². The van der Waals surface area contributed by atoms with Gasteiger partial charge < -0.3 is 10.6 Å². The first-order chi connectivity index (χ1) is 7.38. The van der Waals surface area contributed by atoms with E-state index in [9.17, 15) is 4.39 Å². The second kappa shape index (κ2) is 5.02. The van der Waals surface area contributed by atoms with E-state index in [4.69, 9.17) is 17.3 Å². The predicted octanol–water partition coefficient (Wildman–Crippen LogP) is 3.04. The van der Waals surface area contributed by atoms with E-state index in [1.54, 1.807) is 12.1 Å². The molecule has 16 heavy (non-hydrogen) atoms. The molecule has 2 N–H and O–H groups in total. The highest BCUT2D eigenvalue weighted by Crippen LogP contribution is 2.28. The monoisotopic (exact) mass is 244 g/mol. The minimum atomic E-state index is -0.393. The zero-order valence-electron chi connectivity index (χ0n) is 9.93. The molecule has 1 aromatic carbocycles. The van der Waals surface area contributed by atoms with Gasteiger partial charge in [-0.15, -0.1) is 0 Å². The number of hydrogen-bond acceptors (Lipinski definition) is 2. The van der Waals surface area contributed by atoms with Gasteiger partial charge in [-0.2, -0.15) is 0 Å². The molecular formula is C12H18ClFN2. The molecule has 0 unspecified atom stereocenters. The van der Waals surface area contributed by atoms with Crippen molar-refractivity contribution in [2.75, 3.05) is 18.5 Å². The molecule has 0 saturated heterocycles. The number of anilines is 1. The normalized spacial score (nSPS) is 11.6. The van der Waals surface area contributed by atoms with Gasteiger partial charge in [-0.25, -0.2) is 4.39 Å². The first-order valence-corrected chi connectivity index (χ1v) is 5.65. The van der Waals surface area contributed by atoms with Crippen molar-refractivity contribution < 1.29 is 4.39 Å². The second-order valence-electron chi connectivity index (χ2n) is 4.51.